The van der Waals surface area contributed by atoms with E-state index in [1.165, 1.54) is 51.4 Å². The molecule has 0 bridgehead atoms. The van der Waals surface area contributed by atoms with Crippen molar-refractivity contribution in [2.75, 3.05) is 0 Å². The van der Waals surface area contributed by atoms with E-state index in [-0.39, 0.29) is 0 Å². The highest BCUT2D eigenvalue weighted by Gasteiger charge is 2.51. The molecule has 374 valence electrons. The van der Waals surface area contributed by atoms with Gasteiger partial charge in [-0.25, -0.2) is 0 Å². The van der Waals surface area contributed by atoms with Crippen LogP contribution >= 0.6 is 0 Å². The summed E-state index contributed by atoms with van der Waals surface area (Å²) in [5, 5.41) is 0. The van der Waals surface area contributed by atoms with Gasteiger partial charge >= 0.3 is 0 Å². The summed E-state index contributed by atoms with van der Waals surface area (Å²) >= 11 is 0. The molecule has 0 radical (unpaired) electrons. The Balaban J connectivity index is 0.720. The van der Waals surface area contributed by atoms with Crippen molar-refractivity contribution in [1.82, 2.24) is 9.80 Å². The molecular formula is C64H108N2. The summed E-state index contributed by atoms with van der Waals surface area (Å²) in [6.45, 7) is 0. The number of nitrogens with zero attached hydrogens (tertiary/aromatic N) is 2. The van der Waals surface area contributed by atoms with Gasteiger partial charge in [0, 0.05) is 36.3 Å². The maximum atomic E-state index is 3.50. The Morgan fingerprint density at radius 2 is 0.409 bits per heavy atom. The Morgan fingerprint density at radius 3 is 0.697 bits per heavy atom. The molecule has 4 atom stereocenters. The van der Waals surface area contributed by atoms with Crippen molar-refractivity contribution in [2.45, 2.75) is 319 Å². The minimum Gasteiger partial charge on any atom is -0.294 e. The Kier molecular flexibility index (Phi) is 15.6. The van der Waals surface area contributed by atoms with E-state index in [0.29, 0.717) is 0 Å². The lowest BCUT2D eigenvalue weighted by molar-refractivity contribution is -0.0879. The topological polar surface area (TPSA) is 6.48 Å². The molecule has 0 amide bonds. The second-order valence-electron chi connectivity index (χ2n) is 28.4. The lowest BCUT2D eigenvalue weighted by Gasteiger charge is -2.59. The fraction of sp³-hybridized carbons (Fsp3) is 1.00. The van der Waals surface area contributed by atoms with E-state index in [1.54, 1.807) is 231 Å². The van der Waals surface area contributed by atoms with Gasteiger partial charge in [0.1, 0.15) is 0 Å². The van der Waals surface area contributed by atoms with E-state index in [1.807, 2.05) is 0 Å². The van der Waals surface area contributed by atoms with Crippen LogP contribution in [-0.4, -0.2) is 46.1 Å². The van der Waals surface area contributed by atoms with Crippen molar-refractivity contribution in [3.8, 4) is 0 Å². The quantitative estimate of drug-likeness (QED) is 0.193. The van der Waals surface area contributed by atoms with Crippen molar-refractivity contribution >= 4 is 0 Å². The van der Waals surface area contributed by atoms with E-state index in [2.05, 4.69) is 9.80 Å². The molecule has 0 heterocycles. The molecule has 4 unspecified atom stereocenters. The first-order valence-electron chi connectivity index (χ1n) is 32.2. The summed E-state index contributed by atoms with van der Waals surface area (Å²) in [5.74, 6) is 15.3. The largest absolute Gasteiger partial charge is 0.294 e. The SMILES string of the molecule is C1CCC(C2CC(C3CCC(N(C4CCCCC4)C4CCCC5C4CCCC5N(C4CCC(C5CC(C6CCCCC6)C5)CC4)C4CCC(C5CC(C6CCCCC6)C5)CC4)CC3)C2)CC1. The van der Waals surface area contributed by atoms with Crippen LogP contribution in [0.15, 0.2) is 0 Å². The zero-order chi connectivity index (χ0) is 43.8. The molecule has 12 aliphatic carbocycles. The highest BCUT2D eigenvalue weighted by Crippen LogP contribution is 2.56. The minimum atomic E-state index is 0.910. The predicted octanol–water partition coefficient (Wildman–Crippen LogP) is 17.8. The van der Waals surface area contributed by atoms with Gasteiger partial charge in [-0.2, -0.15) is 0 Å². The Morgan fingerprint density at radius 1 is 0.167 bits per heavy atom. The van der Waals surface area contributed by atoms with Crippen molar-refractivity contribution < 1.29 is 0 Å². The van der Waals surface area contributed by atoms with E-state index in [4.69, 9.17) is 0 Å². The molecule has 12 saturated carbocycles. The third-order valence-corrected chi connectivity index (χ3v) is 25.4. The molecule has 66 heavy (non-hydrogen) atoms. The average Bonchev–Trinajstić information content (AvgIpc) is 3.33. The van der Waals surface area contributed by atoms with Gasteiger partial charge in [0.05, 0.1) is 0 Å². The molecule has 12 fully saturated rings. The maximum absolute atomic E-state index is 3.50. The van der Waals surface area contributed by atoms with Crippen molar-refractivity contribution in [2.24, 2.45) is 82.9 Å². The van der Waals surface area contributed by atoms with Crippen LogP contribution in [0, 0.1) is 82.9 Å². The highest BCUT2D eigenvalue weighted by atomic mass is 15.2. The second-order valence-corrected chi connectivity index (χ2v) is 28.4. The van der Waals surface area contributed by atoms with Crippen LogP contribution in [-0.2, 0) is 0 Å². The number of fused-ring (bicyclic) bond motifs is 1. The molecule has 12 aliphatic rings. The summed E-state index contributed by atoms with van der Waals surface area (Å²) in [6.07, 6.45) is 69.0. The summed E-state index contributed by atoms with van der Waals surface area (Å²) in [6, 6.07) is 5.48. The van der Waals surface area contributed by atoms with Crippen LogP contribution < -0.4 is 0 Å². The Bertz CT molecular complexity index is 1380. The van der Waals surface area contributed by atoms with E-state index >= 15 is 0 Å². The van der Waals surface area contributed by atoms with Crippen molar-refractivity contribution in [3.63, 3.8) is 0 Å². The summed E-state index contributed by atoms with van der Waals surface area (Å²) < 4.78 is 0. The standard InChI is InChI=1S/C64H108N2/c1-5-15-45(16-6-1)51-39-54(40-51)48-27-33-58(34-28-48)65(57-21-11-4-12-22-57)63-25-13-24-62-61(63)23-14-26-64(62)66(59-35-29-49(30-36-59)55-41-52(42-55)46-17-7-2-8-18-46)60-37-31-50(32-38-60)56-43-53(44-56)47-19-9-3-10-20-47/h45-64H,1-44H2. The van der Waals surface area contributed by atoms with Gasteiger partial charge in [-0.15, -0.1) is 0 Å². The van der Waals surface area contributed by atoms with Gasteiger partial charge < -0.3 is 0 Å². The fourth-order valence-corrected chi connectivity index (χ4v) is 21.6. The number of hydrogen-bond donors (Lipinski definition) is 0. The van der Waals surface area contributed by atoms with E-state index in [9.17, 15) is 0 Å². The zero-order valence-corrected chi connectivity index (χ0v) is 43.6. The van der Waals surface area contributed by atoms with Crippen LogP contribution in [0.3, 0.4) is 0 Å². The predicted molar refractivity (Wildman–Crippen MR) is 278 cm³/mol. The number of rotatable bonds is 12. The zero-order valence-electron chi connectivity index (χ0n) is 43.6. The molecule has 0 aliphatic heterocycles. The molecule has 0 saturated heterocycles. The molecule has 0 spiro atoms. The molecule has 0 aromatic rings. The molecule has 12 rings (SSSR count). The Labute approximate surface area is 409 Å². The minimum absolute atomic E-state index is 0.910. The van der Waals surface area contributed by atoms with Crippen LogP contribution in [0.1, 0.15) is 283 Å². The van der Waals surface area contributed by atoms with Crippen LogP contribution in [0.5, 0.6) is 0 Å². The molecule has 0 N–H and O–H groups in total. The lowest BCUT2D eigenvalue weighted by atomic mass is 9.58. The van der Waals surface area contributed by atoms with Gasteiger partial charge in [0.25, 0.3) is 0 Å². The van der Waals surface area contributed by atoms with Gasteiger partial charge in [-0.05, 0) is 237 Å². The summed E-state index contributed by atoms with van der Waals surface area (Å²) in [4.78, 5) is 6.94. The van der Waals surface area contributed by atoms with Gasteiger partial charge in [-0.3, -0.25) is 9.80 Å². The van der Waals surface area contributed by atoms with Crippen molar-refractivity contribution in [1.29, 1.82) is 0 Å². The smallest absolute Gasteiger partial charge is 0.0133 e. The first kappa shape index (κ1) is 47.0. The van der Waals surface area contributed by atoms with Crippen LogP contribution in [0.2, 0.25) is 0 Å². The Hall–Kier alpha value is -0.0800. The highest BCUT2D eigenvalue weighted by molar-refractivity contribution is 5.05. The van der Waals surface area contributed by atoms with Crippen LogP contribution in [0.4, 0.5) is 0 Å². The molecule has 2 heteroatoms. The molecule has 0 aromatic heterocycles. The van der Waals surface area contributed by atoms with E-state index < -0.39 is 0 Å². The molecule has 0 aromatic carbocycles. The average molecular weight is 906 g/mol. The summed E-state index contributed by atoms with van der Waals surface area (Å²) in [7, 11) is 0. The second kappa shape index (κ2) is 22.0. The van der Waals surface area contributed by atoms with E-state index in [0.717, 1.165) is 119 Å². The van der Waals surface area contributed by atoms with Gasteiger partial charge in [-0.1, -0.05) is 128 Å². The van der Waals surface area contributed by atoms with Gasteiger partial charge in [0.2, 0.25) is 0 Å². The monoisotopic (exact) mass is 905 g/mol. The lowest BCUT2D eigenvalue weighted by Crippen LogP contribution is -2.62. The van der Waals surface area contributed by atoms with Crippen LogP contribution in [0.25, 0.3) is 0 Å². The third-order valence-electron chi connectivity index (χ3n) is 25.4. The normalized spacial score (nSPS) is 46.3. The van der Waals surface area contributed by atoms with Crippen molar-refractivity contribution in [3.05, 3.63) is 0 Å². The first-order valence-corrected chi connectivity index (χ1v) is 32.2. The first-order chi connectivity index (χ1) is 32.7. The maximum Gasteiger partial charge on any atom is 0.0133 e. The molecular weight excluding hydrogens is 797 g/mol. The number of hydrogen-bond acceptors (Lipinski definition) is 2. The third kappa shape index (κ3) is 10.1. The summed E-state index contributed by atoms with van der Waals surface area (Å²) in [5.41, 5.74) is 0. The fourth-order valence-electron chi connectivity index (χ4n) is 21.6. The van der Waals surface area contributed by atoms with Gasteiger partial charge in [0.15, 0.2) is 0 Å². The molecule has 2 nitrogen and oxygen atoms in total.